The van der Waals surface area contributed by atoms with E-state index in [1.165, 1.54) is 6.26 Å². The molecule has 3 N–H and O–H groups in total. The Morgan fingerprint density at radius 1 is 1.71 bits per heavy atom. The summed E-state index contributed by atoms with van der Waals surface area (Å²) in [5.41, 5.74) is 2.40. The summed E-state index contributed by atoms with van der Waals surface area (Å²) >= 11 is 3.23. The van der Waals surface area contributed by atoms with Crippen LogP contribution in [-0.2, 0) is 9.84 Å². The molecule has 5 nitrogen and oxygen atoms in total. The molecule has 0 aliphatic carbocycles. The fourth-order valence-electron chi connectivity index (χ4n) is 1.06. The van der Waals surface area contributed by atoms with E-state index in [1.807, 2.05) is 0 Å². The zero-order chi connectivity index (χ0) is 10.8. The molecule has 0 spiro atoms. The normalized spacial score (nSPS) is 14.2. The zero-order valence-electron chi connectivity index (χ0n) is 7.53. The van der Waals surface area contributed by atoms with Gasteiger partial charge in [-0.2, -0.15) is 0 Å². The lowest BCUT2D eigenvalue weighted by Gasteiger charge is -2.12. The van der Waals surface area contributed by atoms with Crippen molar-refractivity contribution in [2.45, 2.75) is 6.04 Å². The van der Waals surface area contributed by atoms with Crippen LogP contribution in [0.5, 0.6) is 0 Å². The molecule has 1 aromatic heterocycles. The van der Waals surface area contributed by atoms with E-state index in [-0.39, 0.29) is 5.75 Å². The van der Waals surface area contributed by atoms with Gasteiger partial charge in [0.15, 0.2) is 0 Å². The summed E-state index contributed by atoms with van der Waals surface area (Å²) in [5.74, 6) is 5.63. The molecule has 1 aromatic rings. The van der Waals surface area contributed by atoms with E-state index < -0.39 is 15.9 Å². The molecule has 0 saturated carbocycles. The summed E-state index contributed by atoms with van der Waals surface area (Å²) in [4.78, 5) is 0. The van der Waals surface area contributed by atoms with Gasteiger partial charge in [-0.05, 0) is 22.0 Å². The smallest absolute Gasteiger partial charge is 0.149 e. The number of hydrazine groups is 1. The van der Waals surface area contributed by atoms with Crippen LogP contribution in [-0.4, -0.2) is 20.4 Å². The summed E-state index contributed by atoms with van der Waals surface area (Å²) in [6.07, 6.45) is 2.61. The van der Waals surface area contributed by atoms with Crippen molar-refractivity contribution < 1.29 is 12.8 Å². The first-order valence-corrected chi connectivity index (χ1v) is 6.66. The van der Waals surface area contributed by atoms with Crippen LogP contribution >= 0.6 is 15.9 Å². The maximum absolute atomic E-state index is 11.1. The van der Waals surface area contributed by atoms with Gasteiger partial charge in [-0.25, -0.2) is 13.8 Å². The molecule has 0 bridgehead atoms. The Hall–Kier alpha value is -0.370. The van der Waals surface area contributed by atoms with Gasteiger partial charge >= 0.3 is 0 Å². The van der Waals surface area contributed by atoms with Crippen molar-refractivity contribution in [1.29, 1.82) is 0 Å². The van der Waals surface area contributed by atoms with Crippen LogP contribution in [0.15, 0.2) is 21.2 Å². The molecule has 7 heteroatoms. The monoisotopic (exact) mass is 282 g/mol. The van der Waals surface area contributed by atoms with E-state index in [2.05, 4.69) is 21.4 Å². The second kappa shape index (κ2) is 4.43. The average Bonchev–Trinajstić information content (AvgIpc) is 2.45. The topological polar surface area (TPSA) is 85.3 Å². The van der Waals surface area contributed by atoms with Crippen LogP contribution in [0.3, 0.4) is 0 Å². The number of hydrogen-bond donors (Lipinski definition) is 2. The zero-order valence-corrected chi connectivity index (χ0v) is 9.93. The molecule has 80 valence electrons. The molecule has 0 radical (unpaired) electrons. The quantitative estimate of drug-likeness (QED) is 0.624. The van der Waals surface area contributed by atoms with Gasteiger partial charge in [0.2, 0.25) is 0 Å². The second-order valence-electron chi connectivity index (χ2n) is 2.94. The van der Waals surface area contributed by atoms with Gasteiger partial charge in [-0.3, -0.25) is 5.84 Å². The minimum atomic E-state index is -3.10. The molecule has 0 aliphatic heterocycles. The molecule has 1 heterocycles. The minimum Gasteiger partial charge on any atom is -0.466 e. The van der Waals surface area contributed by atoms with Gasteiger partial charge < -0.3 is 4.42 Å². The SMILES string of the molecule is CS(=O)(=O)CC(NN)c1occc1Br. The van der Waals surface area contributed by atoms with Crippen LogP contribution in [0.1, 0.15) is 11.8 Å². The number of rotatable bonds is 4. The van der Waals surface area contributed by atoms with Crippen LogP contribution in [0, 0.1) is 0 Å². The van der Waals surface area contributed by atoms with Crippen molar-refractivity contribution in [3.63, 3.8) is 0 Å². The van der Waals surface area contributed by atoms with E-state index in [4.69, 9.17) is 10.3 Å². The highest BCUT2D eigenvalue weighted by molar-refractivity contribution is 9.10. The molecule has 1 unspecified atom stereocenters. The number of furan rings is 1. The van der Waals surface area contributed by atoms with E-state index in [1.54, 1.807) is 6.07 Å². The van der Waals surface area contributed by atoms with Crippen LogP contribution < -0.4 is 11.3 Å². The molecule has 0 aromatic carbocycles. The summed E-state index contributed by atoms with van der Waals surface area (Å²) < 4.78 is 27.9. The van der Waals surface area contributed by atoms with Gasteiger partial charge in [0.1, 0.15) is 15.6 Å². The highest BCUT2D eigenvalue weighted by Gasteiger charge is 2.21. The van der Waals surface area contributed by atoms with E-state index in [0.29, 0.717) is 10.2 Å². The number of nitrogens with two attached hydrogens (primary N) is 1. The van der Waals surface area contributed by atoms with Crippen molar-refractivity contribution in [1.82, 2.24) is 5.43 Å². The van der Waals surface area contributed by atoms with Crippen molar-refractivity contribution in [2.75, 3.05) is 12.0 Å². The molecule has 1 rings (SSSR count). The first-order chi connectivity index (χ1) is 6.44. The van der Waals surface area contributed by atoms with Gasteiger partial charge in [-0.15, -0.1) is 0 Å². The predicted octanol–water partition coefficient (Wildman–Crippen LogP) is 0.591. The molecule has 0 amide bonds. The maximum atomic E-state index is 11.1. The Morgan fingerprint density at radius 3 is 2.71 bits per heavy atom. The molecular weight excluding hydrogens is 272 g/mol. The number of nitrogens with one attached hydrogen (secondary N) is 1. The van der Waals surface area contributed by atoms with Crippen molar-refractivity contribution in [2.24, 2.45) is 5.84 Å². The first-order valence-electron chi connectivity index (χ1n) is 3.81. The number of hydrogen-bond acceptors (Lipinski definition) is 5. The Bertz CT molecular complexity index is 401. The summed E-state index contributed by atoms with van der Waals surface area (Å²) in [6, 6.07) is 1.15. The third-order valence-corrected chi connectivity index (χ3v) is 3.23. The second-order valence-corrected chi connectivity index (χ2v) is 5.98. The van der Waals surface area contributed by atoms with Gasteiger partial charge in [0.25, 0.3) is 0 Å². The predicted molar refractivity (Wildman–Crippen MR) is 56.2 cm³/mol. The van der Waals surface area contributed by atoms with Crippen LogP contribution in [0.25, 0.3) is 0 Å². The fourth-order valence-corrected chi connectivity index (χ4v) is 2.39. The molecule has 0 saturated heterocycles. The van der Waals surface area contributed by atoms with E-state index in [9.17, 15) is 8.42 Å². The molecule has 14 heavy (non-hydrogen) atoms. The summed E-state index contributed by atoms with van der Waals surface area (Å²) in [7, 11) is -3.10. The highest BCUT2D eigenvalue weighted by Crippen LogP contribution is 2.24. The third-order valence-electron chi connectivity index (χ3n) is 1.63. The molecule has 0 aliphatic rings. The fraction of sp³-hybridized carbons (Fsp3) is 0.429. The first kappa shape index (κ1) is 11.7. The Labute approximate surface area is 90.7 Å². The van der Waals surface area contributed by atoms with Crippen LogP contribution in [0.4, 0.5) is 0 Å². The summed E-state index contributed by atoms with van der Waals surface area (Å²) in [6.45, 7) is 0. The standard InChI is InChI=1S/C7H11BrN2O3S/c1-14(11,12)4-6(10-9)7-5(8)2-3-13-7/h2-3,6,10H,4,9H2,1H3. The maximum Gasteiger partial charge on any atom is 0.149 e. The lowest BCUT2D eigenvalue weighted by molar-refractivity contribution is 0.433. The number of sulfone groups is 1. The Kier molecular flexibility index (Phi) is 3.71. The molecular formula is C7H11BrN2O3S. The highest BCUT2D eigenvalue weighted by atomic mass is 79.9. The third kappa shape index (κ3) is 3.09. The van der Waals surface area contributed by atoms with Gasteiger partial charge in [0, 0.05) is 6.26 Å². The van der Waals surface area contributed by atoms with Gasteiger partial charge in [0.05, 0.1) is 22.5 Å². The lowest BCUT2D eigenvalue weighted by atomic mass is 10.3. The lowest BCUT2D eigenvalue weighted by Crippen LogP contribution is -2.32. The average molecular weight is 283 g/mol. The Balaban J connectivity index is 2.89. The summed E-state index contributed by atoms with van der Waals surface area (Å²) in [5, 5.41) is 0. The molecule has 1 atom stereocenters. The van der Waals surface area contributed by atoms with Gasteiger partial charge in [-0.1, -0.05) is 0 Å². The minimum absolute atomic E-state index is 0.102. The largest absolute Gasteiger partial charge is 0.466 e. The molecule has 0 fully saturated rings. The Morgan fingerprint density at radius 2 is 2.36 bits per heavy atom. The van der Waals surface area contributed by atoms with Crippen LogP contribution in [0.2, 0.25) is 0 Å². The van der Waals surface area contributed by atoms with E-state index >= 15 is 0 Å². The van der Waals surface area contributed by atoms with E-state index in [0.717, 1.165) is 6.26 Å². The number of halogens is 1. The van der Waals surface area contributed by atoms with Crippen molar-refractivity contribution >= 4 is 25.8 Å². The van der Waals surface area contributed by atoms with Crippen molar-refractivity contribution in [3.8, 4) is 0 Å². The van der Waals surface area contributed by atoms with Crippen molar-refractivity contribution in [3.05, 3.63) is 22.6 Å².